The van der Waals surface area contributed by atoms with E-state index < -0.39 is 10.0 Å². The number of carbonyl (C=O) groups is 1. The summed E-state index contributed by atoms with van der Waals surface area (Å²) in [6.07, 6.45) is 2.67. The summed E-state index contributed by atoms with van der Waals surface area (Å²) in [5, 5.41) is 19.0. The molecule has 0 aliphatic carbocycles. The third-order valence-corrected chi connectivity index (χ3v) is 7.21. The van der Waals surface area contributed by atoms with E-state index in [9.17, 15) is 13.2 Å². The van der Waals surface area contributed by atoms with Crippen LogP contribution in [0.1, 0.15) is 28.9 Å². The number of piperazine rings is 1. The molecular formula is C17H18N6O4S. The molecule has 2 saturated heterocycles. The molecule has 4 rings (SSSR count). The number of ether oxygens (including phenoxy) is 1. The Morgan fingerprint density at radius 3 is 2.61 bits per heavy atom. The molecule has 0 radical (unpaired) electrons. The van der Waals surface area contributed by atoms with Gasteiger partial charge in [-0.05, 0) is 31.0 Å². The lowest BCUT2D eigenvalue weighted by molar-refractivity contribution is 0.0609. The van der Waals surface area contributed by atoms with E-state index in [0.717, 1.165) is 0 Å². The predicted octanol–water partition coefficient (Wildman–Crippen LogP) is 0.363. The molecular weight excluding hydrogens is 384 g/mol. The molecule has 1 aromatic heterocycles. The monoisotopic (exact) mass is 402 g/mol. The van der Waals surface area contributed by atoms with Gasteiger partial charge in [-0.1, -0.05) is 0 Å². The molecule has 146 valence electrons. The Kier molecular flexibility index (Phi) is 4.52. The number of nitriles is 1. The predicted molar refractivity (Wildman–Crippen MR) is 95.8 cm³/mol. The molecule has 3 heterocycles. The number of hydrogen-bond acceptors (Lipinski definition) is 7. The first kappa shape index (κ1) is 18.4. The highest BCUT2D eigenvalue weighted by Gasteiger charge is 2.48. The number of amides is 1. The van der Waals surface area contributed by atoms with Crippen molar-refractivity contribution in [3.05, 3.63) is 35.7 Å². The Hall–Kier alpha value is -2.97. The minimum Gasteiger partial charge on any atom is -0.495 e. The summed E-state index contributed by atoms with van der Waals surface area (Å²) in [5.41, 5.74) is 0.450. The molecule has 2 atom stereocenters. The zero-order valence-corrected chi connectivity index (χ0v) is 15.9. The summed E-state index contributed by atoms with van der Waals surface area (Å²) in [6, 6.07) is 5.62. The van der Waals surface area contributed by atoms with Crippen molar-refractivity contribution in [3.63, 3.8) is 0 Å². The summed E-state index contributed by atoms with van der Waals surface area (Å²) >= 11 is 0. The fraction of sp³-hybridized carbons (Fsp3) is 0.412. The first-order valence-corrected chi connectivity index (χ1v) is 10.2. The minimum absolute atomic E-state index is 0.0257. The molecule has 2 aliphatic rings. The minimum atomic E-state index is -3.89. The van der Waals surface area contributed by atoms with E-state index in [0.29, 0.717) is 12.8 Å². The summed E-state index contributed by atoms with van der Waals surface area (Å²) in [5.74, 6) is -0.0775. The van der Waals surface area contributed by atoms with E-state index in [-0.39, 0.29) is 53.0 Å². The van der Waals surface area contributed by atoms with Crippen LogP contribution in [0.5, 0.6) is 5.75 Å². The van der Waals surface area contributed by atoms with Crippen LogP contribution in [0.25, 0.3) is 0 Å². The maximum atomic E-state index is 13.4. The van der Waals surface area contributed by atoms with Gasteiger partial charge in [0.15, 0.2) is 5.69 Å². The molecule has 2 aromatic rings. The van der Waals surface area contributed by atoms with Gasteiger partial charge in [0.25, 0.3) is 5.91 Å². The molecule has 2 unspecified atom stereocenters. The molecule has 2 bridgehead atoms. The maximum Gasteiger partial charge on any atom is 0.276 e. The van der Waals surface area contributed by atoms with Gasteiger partial charge in [0, 0.05) is 25.2 Å². The van der Waals surface area contributed by atoms with Gasteiger partial charge >= 0.3 is 0 Å². The van der Waals surface area contributed by atoms with Crippen molar-refractivity contribution in [1.29, 1.82) is 5.26 Å². The highest BCUT2D eigenvalue weighted by atomic mass is 32.2. The van der Waals surface area contributed by atoms with Gasteiger partial charge in [-0.3, -0.25) is 4.79 Å². The second-order valence-corrected chi connectivity index (χ2v) is 8.57. The second kappa shape index (κ2) is 6.88. The number of nitrogens with one attached hydrogen (secondary N) is 1. The van der Waals surface area contributed by atoms with Crippen molar-refractivity contribution in [2.45, 2.75) is 29.8 Å². The number of rotatable bonds is 4. The second-order valence-electron chi connectivity index (χ2n) is 6.76. The lowest BCUT2D eigenvalue weighted by Gasteiger charge is -2.39. The van der Waals surface area contributed by atoms with Crippen LogP contribution in [0.2, 0.25) is 0 Å². The largest absolute Gasteiger partial charge is 0.495 e. The highest BCUT2D eigenvalue weighted by Crippen LogP contribution is 2.38. The zero-order valence-electron chi connectivity index (χ0n) is 15.1. The number of likely N-dealkylation sites (tertiary alicyclic amines) is 1. The molecule has 0 spiro atoms. The van der Waals surface area contributed by atoms with Crippen LogP contribution in [-0.2, 0) is 10.0 Å². The number of carbonyl (C=O) groups excluding carboxylic acids is 1. The van der Waals surface area contributed by atoms with Crippen LogP contribution < -0.4 is 4.74 Å². The van der Waals surface area contributed by atoms with Crippen molar-refractivity contribution in [3.8, 4) is 11.8 Å². The van der Waals surface area contributed by atoms with Crippen molar-refractivity contribution < 1.29 is 17.9 Å². The topological polar surface area (TPSA) is 132 Å². The lowest BCUT2D eigenvalue weighted by Crippen LogP contribution is -2.57. The number of aromatic nitrogens is 3. The quantitative estimate of drug-likeness (QED) is 0.781. The van der Waals surface area contributed by atoms with E-state index >= 15 is 0 Å². The first-order chi connectivity index (χ1) is 13.5. The number of hydrogen-bond donors (Lipinski definition) is 1. The summed E-state index contributed by atoms with van der Waals surface area (Å²) in [4.78, 5) is 14.2. The zero-order chi connectivity index (χ0) is 19.9. The van der Waals surface area contributed by atoms with Gasteiger partial charge in [-0.25, -0.2) is 8.42 Å². The smallest absolute Gasteiger partial charge is 0.276 e. The summed E-state index contributed by atoms with van der Waals surface area (Å²) in [6.45, 7) is 0.559. The van der Waals surface area contributed by atoms with E-state index in [2.05, 4.69) is 15.4 Å². The number of methoxy groups -OCH3 is 1. The molecule has 11 heteroatoms. The molecule has 0 saturated carbocycles. The Bertz CT molecular complexity index is 1030. The Morgan fingerprint density at radius 2 is 2.04 bits per heavy atom. The molecule has 10 nitrogen and oxygen atoms in total. The highest BCUT2D eigenvalue weighted by molar-refractivity contribution is 7.89. The van der Waals surface area contributed by atoms with Gasteiger partial charge < -0.3 is 9.64 Å². The standard InChI is InChI=1S/C17H18N6O4S/c1-27-15-5-2-11(7-18)6-16(15)28(25,26)23-12-3-4-13(23)10-22(9-12)17(24)14-8-19-21-20-14/h2,5-6,8,12-13H,3-4,9-10H2,1H3,(H,19,20,21). The lowest BCUT2D eigenvalue weighted by atomic mass is 10.2. The van der Waals surface area contributed by atoms with Gasteiger partial charge in [0.1, 0.15) is 10.6 Å². The Labute approximate surface area is 161 Å². The number of sulfonamides is 1. The van der Waals surface area contributed by atoms with Crippen LogP contribution in [0.15, 0.2) is 29.3 Å². The van der Waals surface area contributed by atoms with Crippen LogP contribution in [0.3, 0.4) is 0 Å². The molecule has 1 amide bonds. The Morgan fingerprint density at radius 1 is 1.32 bits per heavy atom. The SMILES string of the molecule is COc1ccc(C#N)cc1S(=O)(=O)N1C2CCC1CN(C(=O)c1cn[nH]n1)C2. The van der Waals surface area contributed by atoms with Gasteiger partial charge in [0.05, 0.1) is 24.9 Å². The fourth-order valence-corrected chi connectivity index (χ4v) is 5.99. The number of fused-ring (bicyclic) bond motifs is 2. The number of aromatic amines is 1. The third-order valence-electron chi connectivity index (χ3n) is 5.18. The van der Waals surface area contributed by atoms with Crippen molar-refractivity contribution in [2.75, 3.05) is 20.2 Å². The van der Waals surface area contributed by atoms with Crippen LogP contribution in [0.4, 0.5) is 0 Å². The average Bonchev–Trinajstić information content (AvgIpc) is 3.33. The molecule has 2 aliphatic heterocycles. The van der Waals surface area contributed by atoms with Crippen molar-refractivity contribution in [1.82, 2.24) is 24.6 Å². The van der Waals surface area contributed by atoms with Crippen molar-refractivity contribution in [2.24, 2.45) is 0 Å². The Balaban J connectivity index is 1.65. The van der Waals surface area contributed by atoms with E-state index in [1.165, 1.54) is 35.8 Å². The van der Waals surface area contributed by atoms with E-state index in [1.807, 2.05) is 6.07 Å². The molecule has 1 aromatic carbocycles. The summed E-state index contributed by atoms with van der Waals surface area (Å²) in [7, 11) is -2.50. The number of benzene rings is 1. The summed E-state index contributed by atoms with van der Waals surface area (Å²) < 4.78 is 33.5. The maximum absolute atomic E-state index is 13.4. The van der Waals surface area contributed by atoms with E-state index in [1.54, 1.807) is 4.90 Å². The first-order valence-electron chi connectivity index (χ1n) is 8.72. The fourth-order valence-electron chi connectivity index (χ4n) is 3.95. The average molecular weight is 402 g/mol. The number of H-pyrrole nitrogens is 1. The number of nitrogens with zero attached hydrogens (tertiary/aromatic N) is 5. The molecule has 1 N–H and O–H groups in total. The van der Waals surface area contributed by atoms with Crippen LogP contribution >= 0.6 is 0 Å². The molecule has 2 fully saturated rings. The van der Waals surface area contributed by atoms with Crippen molar-refractivity contribution >= 4 is 15.9 Å². The van der Waals surface area contributed by atoms with Crippen LogP contribution in [-0.4, -0.2) is 71.2 Å². The van der Waals surface area contributed by atoms with E-state index in [4.69, 9.17) is 10.00 Å². The van der Waals surface area contributed by atoms with Gasteiger partial charge in [0.2, 0.25) is 10.0 Å². The normalized spacial score (nSPS) is 22.1. The van der Waals surface area contributed by atoms with Gasteiger partial charge in [-0.15, -0.1) is 0 Å². The van der Waals surface area contributed by atoms with Gasteiger partial charge in [-0.2, -0.15) is 25.0 Å². The van der Waals surface area contributed by atoms with Crippen LogP contribution in [0, 0.1) is 11.3 Å². The third kappa shape index (κ3) is 2.90. The molecule has 28 heavy (non-hydrogen) atoms.